The molecule has 0 amide bonds. The lowest BCUT2D eigenvalue weighted by Crippen LogP contribution is -1.94. The predicted molar refractivity (Wildman–Crippen MR) is 110 cm³/mol. The molecular formula is C20H38S2. The van der Waals surface area contributed by atoms with Crippen molar-refractivity contribution in [3.8, 4) is 0 Å². The van der Waals surface area contributed by atoms with E-state index in [9.17, 15) is 0 Å². The molecule has 0 nitrogen and oxygen atoms in total. The van der Waals surface area contributed by atoms with Crippen molar-refractivity contribution in [2.24, 2.45) is 0 Å². The van der Waals surface area contributed by atoms with Crippen LogP contribution in [0.4, 0.5) is 0 Å². The zero-order valence-electron chi connectivity index (χ0n) is 14.9. The first-order valence-corrected chi connectivity index (χ1v) is 10.6. The zero-order chi connectivity index (χ0) is 16.3. The second-order valence-electron chi connectivity index (χ2n) is 6.61. The molecule has 0 radical (unpaired) electrons. The molecule has 0 spiro atoms. The van der Waals surface area contributed by atoms with Gasteiger partial charge in [0.05, 0.1) is 0 Å². The summed E-state index contributed by atoms with van der Waals surface area (Å²) >= 11 is 10.1. The molecule has 0 aliphatic carbocycles. The van der Waals surface area contributed by atoms with Crippen LogP contribution < -0.4 is 0 Å². The van der Waals surface area contributed by atoms with Gasteiger partial charge in [-0.3, -0.25) is 0 Å². The van der Waals surface area contributed by atoms with Gasteiger partial charge in [0, 0.05) is 6.42 Å². The van der Waals surface area contributed by atoms with Gasteiger partial charge in [-0.1, -0.05) is 121 Å². The minimum Gasteiger partial charge on any atom is -0.0931 e. The van der Waals surface area contributed by atoms with Crippen LogP contribution in [0.25, 0.3) is 0 Å². The van der Waals surface area contributed by atoms with Gasteiger partial charge >= 0.3 is 0 Å². The van der Waals surface area contributed by atoms with Gasteiger partial charge in [-0.25, -0.2) is 0 Å². The standard InChI is InChI=1S/C20H38S2/c1-2-3-4-5-6-7-8-9-10-11-12-13-14-15-16-17-20(22)18-19-21/h19H,2-18H2,1H3. The summed E-state index contributed by atoms with van der Waals surface area (Å²) in [6, 6.07) is 0. The Bertz CT molecular complexity index is 248. The summed E-state index contributed by atoms with van der Waals surface area (Å²) in [6.07, 6.45) is 23.2. The average Bonchev–Trinajstić information content (AvgIpc) is 2.51. The summed E-state index contributed by atoms with van der Waals surface area (Å²) in [5.74, 6) is 0. The van der Waals surface area contributed by atoms with Gasteiger partial charge in [0.15, 0.2) is 0 Å². The normalized spacial score (nSPS) is 10.8. The van der Waals surface area contributed by atoms with Crippen molar-refractivity contribution >= 4 is 34.7 Å². The summed E-state index contributed by atoms with van der Waals surface area (Å²) < 4.78 is 0. The highest BCUT2D eigenvalue weighted by Crippen LogP contribution is 2.13. The van der Waals surface area contributed by atoms with E-state index in [1.54, 1.807) is 5.37 Å². The predicted octanol–water partition coefficient (Wildman–Crippen LogP) is 8.01. The van der Waals surface area contributed by atoms with Crippen LogP contribution in [0.3, 0.4) is 0 Å². The SMILES string of the molecule is CCCCCCCCCCCCCCCCCC(=S)CC=S. The summed E-state index contributed by atoms with van der Waals surface area (Å²) in [4.78, 5) is 1.14. The molecule has 2 heteroatoms. The van der Waals surface area contributed by atoms with Gasteiger partial charge in [0.25, 0.3) is 0 Å². The Morgan fingerprint density at radius 3 is 1.36 bits per heavy atom. The van der Waals surface area contributed by atoms with Crippen LogP contribution in [0.2, 0.25) is 0 Å². The van der Waals surface area contributed by atoms with Crippen LogP contribution in [-0.4, -0.2) is 10.2 Å². The highest BCUT2D eigenvalue weighted by molar-refractivity contribution is 7.81. The Morgan fingerprint density at radius 1 is 0.636 bits per heavy atom. The van der Waals surface area contributed by atoms with E-state index in [4.69, 9.17) is 24.4 Å². The van der Waals surface area contributed by atoms with Crippen LogP contribution in [0.1, 0.15) is 116 Å². The topological polar surface area (TPSA) is 0 Å². The van der Waals surface area contributed by atoms with E-state index >= 15 is 0 Å². The zero-order valence-corrected chi connectivity index (χ0v) is 16.5. The van der Waals surface area contributed by atoms with Gasteiger partial charge in [-0.2, -0.15) is 0 Å². The molecule has 0 atom stereocenters. The average molecular weight is 343 g/mol. The fourth-order valence-corrected chi connectivity index (χ4v) is 3.42. The van der Waals surface area contributed by atoms with Gasteiger partial charge in [-0.15, -0.1) is 0 Å². The molecule has 130 valence electrons. The molecular weight excluding hydrogens is 304 g/mol. The van der Waals surface area contributed by atoms with E-state index in [0.29, 0.717) is 0 Å². The van der Waals surface area contributed by atoms with E-state index in [-0.39, 0.29) is 0 Å². The molecule has 0 heterocycles. The van der Waals surface area contributed by atoms with E-state index in [1.807, 2.05) is 0 Å². The van der Waals surface area contributed by atoms with Gasteiger partial charge in [0.2, 0.25) is 0 Å². The van der Waals surface area contributed by atoms with Gasteiger partial charge in [0.1, 0.15) is 0 Å². The lowest BCUT2D eigenvalue weighted by Gasteiger charge is -2.03. The molecule has 22 heavy (non-hydrogen) atoms. The molecule has 0 aliphatic heterocycles. The van der Waals surface area contributed by atoms with Crippen LogP contribution in [0.15, 0.2) is 0 Å². The number of hydrogen-bond donors (Lipinski definition) is 0. The summed E-state index contributed by atoms with van der Waals surface area (Å²) in [7, 11) is 0. The Labute approximate surface area is 150 Å². The van der Waals surface area contributed by atoms with E-state index < -0.39 is 0 Å². The molecule has 0 fully saturated rings. The summed E-state index contributed by atoms with van der Waals surface area (Å²) in [6.45, 7) is 2.29. The highest BCUT2D eigenvalue weighted by Gasteiger charge is 1.96. The maximum Gasteiger partial charge on any atom is 0.00717 e. The number of hydrogen-bond acceptors (Lipinski definition) is 2. The minimum absolute atomic E-state index is 0.850. The molecule has 0 aromatic rings. The molecule has 0 unspecified atom stereocenters. The van der Waals surface area contributed by atoms with Crippen molar-refractivity contribution in [1.82, 2.24) is 0 Å². The van der Waals surface area contributed by atoms with Crippen molar-refractivity contribution in [1.29, 1.82) is 0 Å². The summed E-state index contributed by atoms with van der Waals surface area (Å²) in [5.41, 5.74) is 0. The Hall–Kier alpha value is 0.180. The molecule has 0 rings (SSSR count). The first kappa shape index (κ1) is 22.2. The first-order valence-electron chi connectivity index (χ1n) is 9.76. The molecule has 0 aromatic heterocycles. The lowest BCUT2D eigenvalue weighted by atomic mass is 10.0. The number of unbranched alkanes of at least 4 members (excludes halogenated alkanes) is 14. The molecule has 0 saturated carbocycles. The molecule has 0 N–H and O–H groups in total. The Morgan fingerprint density at radius 2 is 1.00 bits per heavy atom. The van der Waals surface area contributed by atoms with Gasteiger partial charge < -0.3 is 0 Å². The maximum absolute atomic E-state index is 5.25. The first-order chi connectivity index (χ1) is 10.8. The largest absolute Gasteiger partial charge is 0.0931 e. The van der Waals surface area contributed by atoms with Crippen LogP contribution >= 0.6 is 24.4 Å². The summed E-state index contributed by atoms with van der Waals surface area (Å²) in [5, 5.41) is 1.76. The Balaban J connectivity index is 3.02. The molecule has 0 aromatic carbocycles. The van der Waals surface area contributed by atoms with E-state index in [0.717, 1.165) is 17.7 Å². The fourth-order valence-electron chi connectivity index (χ4n) is 2.89. The van der Waals surface area contributed by atoms with Crippen LogP contribution in [0, 0.1) is 0 Å². The van der Waals surface area contributed by atoms with Crippen molar-refractivity contribution in [2.45, 2.75) is 116 Å². The third kappa shape index (κ3) is 18.2. The third-order valence-electron chi connectivity index (χ3n) is 4.37. The maximum atomic E-state index is 5.25. The molecule has 0 aliphatic rings. The Kier molecular flexibility index (Phi) is 19.4. The molecule has 0 saturated heterocycles. The van der Waals surface area contributed by atoms with E-state index in [2.05, 4.69) is 6.92 Å². The highest BCUT2D eigenvalue weighted by atomic mass is 32.1. The lowest BCUT2D eigenvalue weighted by molar-refractivity contribution is 0.533. The van der Waals surface area contributed by atoms with Crippen LogP contribution in [-0.2, 0) is 0 Å². The van der Waals surface area contributed by atoms with Crippen molar-refractivity contribution in [2.75, 3.05) is 0 Å². The quantitative estimate of drug-likeness (QED) is 0.183. The second-order valence-corrected chi connectivity index (χ2v) is 7.52. The van der Waals surface area contributed by atoms with Crippen molar-refractivity contribution in [3.05, 3.63) is 0 Å². The number of rotatable bonds is 18. The minimum atomic E-state index is 0.850. The van der Waals surface area contributed by atoms with Crippen molar-refractivity contribution in [3.63, 3.8) is 0 Å². The second kappa shape index (κ2) is 19.2. The monoisotopic (exact) mass is 342 g/mol. The van der Waals surface area contributed by atoms with Crippen molar-refractivity contribution < 1.29 is 0 Å². The fraction of sp³-hybridized carbons (Fsp3) is 0.900. The number of thiocarbonyl (C=S) groups is 2. The van der Waals surface area contributed by atoms with E-state index in [1.165, 1.54) is 96.3 Å². The molecule has 0 bridgehead atoms. The third-order valence-corrected chi connectivity index (χ3v) is 4.91. The smallest absolute Gasteiger partial charge is 0.00717 e. The van der Waals surface area contributed by atoms with Gasteiger partial charge in [-0.05, 0) is 23.1 Å². The van der Waals surface area contributed by atoms with Crippen LogP contribution in [0.5, 0.6) is 0 Å².